The molecule has 2 amide bonds. The molecule has 0 bridgehead atoms. The van der Waals surface area contributed by atoms with Crippen LogP contribution in [0.2, 0.25) is 0 Å². The third-order valence-corrected chi connectivity index (χ3v) is 5.79. The SMILES string of the molecule is CC(c1ccccc1)N1CCC(F)(F)CC1CN1C(=O)c2ccccc2C1=O. The van der Waals surface area contributed by atoms with Crippen LogP contribution in [0.4, 0.5) is 8.78 Å². The van der Waals surface area contributed by atoms with Gasteiger partial charge in [-0.25, -0.2) is 8.78 Å². The van der Waals surface area contributed by atoms with Gasteiger partial charge in [-0.2, -0.15) is 0 Å². The van der Waals surface area contributed by atoms with E-state index in [4.69, 9.17) is 0 Å². The number of likely N-dealkylation sites (tertiary alicyclic amines) is 1. The molecule has 2 aromatic carbocycles. The van der Waals surface area contributed by atoms with Crippen LogP contribution in [-0.2, 0) is 0 Å². The molecule has 0 saturated carbocycles. The summed E-state index contributed by atoms with van der Waals surface area (Å²) >= 11 is 0. The molecule has 6 heteroatoms. The van der Waals surface area contributed by atoms with Crippen LogP contribution in [0, 0.1) is 0 Å². The Morgan fingerprint density at radius 3 is 2.18 bits per heavy atom. The van der Waals surface area contributed by atoms with Gasteiger partial charge in [0, 0.05) is 38.0 Å². The summed E-state index contributed by atoms with van der Waals surface area (Å²) in [5.41, 5.74) is 1.72. The first-order valence-corrected chi connectivity index (χ1v) is 9.51. The third kappa shape index (κ3) is 3.33. The molecule has 0 spiro atoms. The maximum absolute atomic E-state index is 14.2. The average Bonchev–Trinajstić information content (AvgIpc) is 2.93. The number of nitrogens with zero attached hydrogens (tertiary/aromatic N) is 2. The van der Waals surface area contributed by atoms with Crippen LogP contribution in [0.25, 0.3) is 0 Å². The van der Waals surface area contributed by atoms with E-state index in [0.717, 1.165) is 10.5 Å². The van der Waals surface area contributed by atoms with Crippen molar-refractivity contribution in [1.82, 2.24) is 9.80 Å². The van der Waals surface area contributed by atoms with Gasteiger partial charge in [-0.3, -0.25) is 19.4 Å². The van der Waals surface area contributed by atoms with Gasteiger partial charge in [-0.15, -0.1) is 0 Å². The summed E-state index contributed by atoms with van der Waals surface area (Å²) in [4.78, 5) is 28.5. The summed E-state index contributed by atoms with van der Waals surface area (Å²) < 4.78 is 28.4. The second-order valence-electron chi connectivity index (χ2n) is 7.55. The Labute approximate surface area is 162 Å². The number of imide groups is 1. The molecule has 2 unspecified atom stereocenters. The number of rotatable bonds is 4. The van der Waals surface area contributed by atoms with Gasteiger partial charge in [0.15, 0.2) is 0 Å². The molecule has 0 radical (unpaired) electrons. The maximum atomic E-state index is 14.2. The molecule has 4 nitrogen and oxygen atoms in total. The van der Waals surface area contributed by atoms with Crippen molar-refractivity contribution in [1.29, 1.82) is 0 Å². The van der Waals surface area contributed by atoms with Crippen LogP contribution in [0.15, 0.2) is 54.6 Å². The lowest BCUT2D eigenvalue weighted by Gasteiger charge is -2.43. The minimum atomic E-state index is -2.80. The predicted molar refractivity (Wildman–Crippen MR) is 101 cm³/mol. The first-order valence-electron chi connectivity index (χ1n) is 9.51. The number of carbonyl (C=O) groups is 2. The lowest BCUT2D eigenvalue weighted by atomic mass is 9.94. The fourth-order valence-electron chi connectivity index (χ4n) is 4.26. The van der Waals surface area contributed by atoms with Crippen LogP contribution < -0.4 is 0 Å². The number of hydrogen-bond donors (Lipinski definition) is 0. The minimum Gasteiger partial charge on any atom is -0.291 e. The molecule has 0 N–H and O–H groups in total. The highest BCUT2D eigenvalue weighted by atomic mass is 19.3. The standard InChI is InChI=1S/C22H22F2N2O2/c1-15(16-7-3-2-4-8-16)25-12-11-22(23,24)13-17(25)14-26-20(27)18-9-5-6-10-19(18)21(26)28/h2-10,15,17H,11-14H2,1H3. The fraction of sp³-hybridized carbons (Fsp3) is 0.364. The molecule has 2 atom stereocenters. The number of piperidine rings is 1. The summed E-state index contributed by atoms with van der Waals surface area (Å²) in [6, 6.07) is 15.6. The van der Waals surface area contributed by atoms with E-state index in [1.54, 1.807) is 24.3 Å². The summed E-state index contributed by atoms with van der Waals surface area (Å²) in [7, 11) is 0. The van der Waals surface area contributed by atoms with Crippen LogP contribution in [0.5, 0.6) is 0 Å². The van der Waals surface area contributed by atoms with Gasteiger partial charge in [0.1, 0.15) is 0 Å². The molecule has 2 aliphatic heterocycles. The van der Waals surface area contributed by atoms with E-state index in [9.17, 15) is 18.4 Å². The fourth-order valence-corrected chi connectivity index (χ4v) is 4.26. The van der Waals surface area contributed by atoms with Crippen molar-refractivity contribution in [3.05, 3.63) is 71.3 Å². The first-order chi connectivity index (χ1) is 13.4. The number of amides is 2. The second-order valence-corrected chi connectivity index (χ2v) is 7.55. The molecule has 2 aliphatic rings. The Bertz CT molecular complexity index is 865. The smallest absolute Gasteiger partial charge is 0.261 e. The number of carbonyl (C=O) groups excluding carboxylic acids is 2. The van der Waals surface area contributed by atoms with Crippen molar-refractivity contribution in [2.75, 3.05) is 13.1 Å². The van der Waals surface area contributed by atoms with E-state index in [-0.39, 0.29) is 32.0 Å². The zero-order valence-electron chi connectivity index (χ0n) is 15.6. The van der Waals surface area contributed by atoms with Crippen LogP contribution in [0.3, 0.4) is 0 Å². The molecule has 2 heterocycles. The average molecular weight is 384 g/mol. The van der Waals surface area contributed by atoms with E-state index in [1.807, 2.05) is 42.2 Å². The highest BCUT2D eigenvalue weighted by Gasteiger charge is 2.45. The molecular weight excluding hydrogens is 362 g/mol. The molecule has 0 aliphatic carbocycles. The van der Waals surface area contributed by atoms with Gasteiger partial charge in [0.05, 0.1) is 11.1 Å². The molecular formula is C22H22F2N2O2. The van der Waals surface area contributed by atoms with Gasteiger partial charge in [-0.05, 0) is 24.6 Å². The van der Waals surface area contributed by atoms with Gasteiger partial charge in [0.25, 0.3) is 17.7 Å². The lowest BCUT2D eigenvalue weighted by molar-refractivity contribution is -0.0898. The Balaban J connectivity index is 1.60. The zero-order valence-corrected chi connectivity index (χ0v) is 15.6. The van der Waals surface area contributed by atoms with Gasteiger partial charge >= 0.3 is 0 Å². The molecule has 0 aromatic heterocycles. The monoisotopic (exact) mass is 384 g/mol. The number of halogens is 2. The van der Waals surface area contributed by atoms with Crippen molar-refractivity contribution in [3.8, 4) is 0 Å². The first kappa shape index (κ1) is 18.7. The molecule has 1 fully saturated rings. The Morgan fingerprint density at radius 1 is 1.00 bits per heavy atom. The number of alkyl halides is 2. The van der Waals surface area contributed by atoms with E-state index in [0.29, 0.717) is 11.1 Å². The van der Waals surface area contributed by atoms with Crippen molar-refractivity contribution in [2.24, 2.45) is 0 Å². The van der Waals surface area contributed by atoms with Crippen LogP contribution in [0.1, 0.15) is 52.1 Å². The Kier molecular flexibility index (Phi) is 4.75. The molecule has 146 valence electrons. The highest BCUT2D eigenvalue weighted by Crippen LogP contribution is 2.37. The molecule has 2 aromatic rings. The zero-order chi connectivity index (χ0) is 19.9. The summed E-state index contributed by atoms with van der Waals surface area (Å²) in [6.07, 6.45) is -0.583. The second kappa shape index (κ2) is 7.09. The van der Waals surface area contributed by atoms with Crippen molar-refractivity contribution < 1.29 is 18.4 Å². The van der Waals surface area contributed by atoms with Gasteiger partial charge in [0.2, 0.25) is 0 Å². The summed E-state index contributed by atoms with van der Waals surface area (Å²) in [6.45, 7) is 2.17. The van der Waals surface area contributed by atoms with E-state index >= 15 is 0 Å². The van der Waals surface area contributed by atoms with E-state index in [2.05, 4.69) is 0 Å². The maximum Gasteiger partial charge on any atom is 0.261 e. The Morgan fingerprint density at radius 2 is 1.57 bits per heavy atom. The van der Waals surface area contributed by atoms with Gasteiger partial charge < -0.3 is 0 Å². The van der Waals surface area contributed by atoms with E-state index in [1.165, 1.54) is 0 Å². The topological polar surface area (TPSA) is 40.6 Å². The van der Waals surface area contributed by atoms with E-state index < -0.39 is 23.8 Å². The Hall–Kier alpha value is -2.60. The summed E-state index contributed by atoms with van der Waals surface area (Å²) in [5, 5.41) is 0. The van der Waals surface area contributed by atoms with Crippen molar-refractivity contribution in [3.63, 3.8) is 0 Å². The predicted octanol–water partition coefficient (Wildman–Crippen LogP) is 4.14. The molecule has 1 saturated heterocycles. The third-order valence-electron chi connectivity index (χ3n) is 5.79. The molecule has 28 heavy (non-hydrogen) atoms. The minimum absolute atomic E-state index is 0.0287. The highest BCUT2D eigenvalue weighted by molar-refractivity contribution is 6.21. The van der Waals surface area contributed by atoms with Crippen molar-refractivity contribution in [2.45, 2.75) is 37.8 Å². The number of hydrogen-bond acceptors (Lipinski definition) is 3. The summed E-state index contributed by atoms with van der Waals surface area (Å²) in [5.74, 6) is -3.60. The van der Waals surface area contributed by atoms with Crippen LogP contribution in [-0.4, -0.2) is 46.7 Å². The number of benzene rings is 2. The lowest BCUT2D eigenvalue weighted by Crippen LogP contribution is -2.53. The van der Waals surface area contributed by atoms with Gasteiger partial charge in [-0.1, -0.05) is 42.5 Å². The van der Waals surface area contributed by atoms with Crippen LogP contribution >= 0.6 is 0 Å². The van der Waals surface area contributed by atoms with Crippen molar-refractivity contribution >= 4 is 11.8 Å². The normalized spacial score (nSPS) is 23.0. The largest absolute Gasteiger partial charge is 0.291 e. The molecule has 4 rings (SSSR count). The quantitative estimate of drug-likeness (QED) is 0.744. The number of fused-ring (bicyclic) bond motifs is 1.